The van der Waals surface area contributed by atoms with Crippen LogP contribution in [0.2, 0.25) is 0 Å². The fourth-order valence-corrected chi connectivity index (χ4v) is 3.44. The maximum absolute atomic E-state index is 12.3. The molecule has 0 bridgehead atoms. The molecule has 158 valence electrons. The van der Waals surface area contributed by atoms with Gasteiger partial charge in [-0.25, -0.2) is 8.42 Å². The van der Waals surface area contributed by atoms with Gasteiger partial charge in [-0.05, 0) is 17.7 Å². The van der Waals surface area contributed by atoms with Crippen molar-refractivity contribution in [2.45, 2.75) is 6.61 Å². The number of nitrogens with zero attached hydrogens (tertiary/aromatic N) is 1. The molecule has 1 N–H and O–H groups in total. The van der Waals surface area contributed by atoms with Crippen LogP contribution in [-0.4, -0.2) is 54.5 Å². The summed E-state index contributed by atoms with van der Waals surface area (Å²) in [6.45, 7) is 0.620. The molecule has 0 aromatic heterocycles. The molecule has 0 saturated carbocycles. The maximum atomic E-state index is 12.3. The number of sulfonamides is 1. The Morgan fingerprint density at radius 2 is 1.79 bits per heavy atom. The molecule has 0 fully saturated rings. The largest absolute Gasteiger partial charge is 0.497 e. The average Bonchev–Trinajstić information content (AvgIpc) is 2.71. The van der Waals surface area contributed by atoms with E-state index in [9.17, 15) is 13.2 Å². The van der Waals surface area contributed by atoms with Crippen LogP contribution < -0.4 is 19.1 Å². The SMILES string of the molecule is COc1ccc(OC)c(N(CC(=O)NCCOCc2ccccc2)S(C)(=O)=O)c1. The van der Waals surface area contributed by atoms with E-state index in [1.54, 1.807) is 12.1 Å². The van der Waals surface area contributed by atoms with Gasteiger partial charge in [0.05, 0.1) is 39.4 Å². The van der Waals surface area contributed by atoms with Crippen molar-refractivity contribution < 1.29 is 27.4 Å². The lowest BCUT2D eigenvalue weighted by Gasteiger charge is -2.24. The minimum Gasteiger partial charge on any atom is -0.497 e. The first kappa shape index (κ1) is 22.5. The predicted octanol–water partition coefficient (Wildman–Crippen LogP) is 1.80. The molecular formula is C20H26N2O6S. The van der Waals surface area contributed by atoms with Crippen LogP contribution in [0.4, 0.5) is 5.69 Å². The third kappa shape index (κ3) is 6.95. The van der Waals surface area contributed by atoms with E-state index in [0.29, 0.717) is 24.7 Å². The number of amides is 1. The molecule has 0 radical (unpaired) electrons. The zero-order valence-corrected chi connectivity index (χ0v) is 17.6. The van der Waals surface area contributed by atoms with Crippen LogP contribution in [0.3, 0.4) is 0 Å². The van der Waals surface area contributed by atoms with Gasteiger partial charge in [0.1, 0.15) is 18.0 Å². The highest BCUT2D eigenvalue weighted by Crippen LogP contribution is 2.33. The van der Waals surface area contributed by atoms with Gasteiger partial charge >= 0.3 is 0 Å². The fraction of sp³-hybridized carbons (Fsp3) is 0.350. The lowest BCUT2D eigenvalue weighted by atomic mass is 10.2. The first-order chi connectivity index (χ1) is 13.8. The Hall–Kier alpha value is -2.78. The van der Waals surface area contributed by atoms with Crippen molar-refractivity contribution in [2.75, 3.05) is 44.5 Å². The summed E-state index contributed by atoms with van der Waals surface area (Å²) in [6, 6.07) is 14.4. The number of rotatable bonds is 11. The van der Waals surface area contributed by atoms with E-state index >= 15 is 0 Å². The summed E-state index contributed by atoms with van der Waals surface area (Å²) in [4.78, 5) is 12.3. The molecule has 0 atom stereocenters. The molecule has 0 aliphatic heterocycles. The summed E-state index contributed by atoms with van der Waals surface area (Å²) in [6.07, 6.45) is 1.03. The van der Waals surface area contributed by atoms with Crippen molar-refractivity contribution in [3.05, 3.63) is 54.1 Å². The summed E-state index contributed by atoms with van der Waals surface area (Å²) in [7, 11) is -0.839. The van der Waals surface area contributed by atoms with Gasteiger partial charge in [-0.15, -0.1) is 0 Å². The Bertz CT molecular complexity index is 902. The highest BCUT2D eigenvalue weighted by atomic mass is 32.2. The summed E-state index contributed by atoms with van der Waals surface area (Å²) >= 11 is 0. The molecule has 0 aliphatic rings. The maximum Gasteiger partial charge on any atom is 0.240 e. The molecule has 2 aromatic rings. The number of methoxy groups -OCH3 is 2. The third-order valence-electron chi connectivity index (χ3n) is 4.02. The van der Waals surface area contributed by atoms with E-state index in [4.69, 9.17) is 14.2 Å². The molecular weight excluding hydrogens is 396 g/mol. The summed E-state index contributed by atoms with van der Waals surface area (Å²) < 4.78 is 41.5. The molecule has 0 unspecified atom stereocenters. The molecule has 0 spiro atoms. The number of benzene rings is 2. The Morgan fingerprint density at radius 1 is 1.07 bits per heavy atom. The molecule has 2 aromatic carbocycles. The molecule has 0 heterocycles. The first-order valence-electron chi connectivity index (χ1n) is 8.93. The van der Waals surface area contributed by atoms with E-state index in [0.717, 1.165) is 16.1 Å². The zero-order valence-electron chi connectivity index (χ0n) is 16.8. The molecule has 29 heavy (non-hydrogen) atoms. The summed E-state index contributed by atoms with van der Waals surface area (Å²) in [5.41, 5.74) is 1.26. The second kappa shape index (κ2) is 10.7. The Morgan fingerprint density at radius 3 is 2.41 bits per heavy atom. The first-order valence-corrected chi connectivity index (χ1v) is 10.8. The van der Waals surface area contributed by atoms with Crippen LogP contribution in [0.25, 0.3) is 0 Å². The molecule has 0 aliphatic carbocycles. The average molecular weight is 423 g/mol. The van der Waals surface area contributed by atoms with Crippen molar-refractivity contribution in [1.29, 1.82) is 0 Å². The Balaban J connectivity index is 1.96. The van der Waals surface area contributed by atoms with Crippen LogP contribution in [-0.2, 0) is 26.2 Å². The van der Waals surface area contributed by atoms with Crippen molar-refractivity contribution >= 4 is 21.6 Å². The smallest absolute Gasteiger partial charge is 0.240 e. The van der Waals surface area contributed by atoms with Crippen LogP contribution in [0.5, 0.6) is 11.5 Å². The topological polar surface area (TPSA) is 94.2 Å². The van der Waals surface area contributed by atoms with Gasteiger partial charge in [0.2, 0.25) is 15.9 Å². The quantitative estimate of drug-likeness (QED) is 0.555. The highest BCUT2D eigenvalue weighted by molar-refractivity contribution is 7.92. The number of hydrogen-bond acceptors (Lipinski definition) is 6. The normalized spacial score (nSPS) is 11.0. The lowest BCUT2D eigenvalue weighted by molar-refractivity contribution is -0.119. The number of hydrogen-bond donors (Lipinski definition) is 1. The molecule has 0 saturated heterocycles. The Labute approximate surface area is 171 Å². The van der Waals surface area contributed by atoms with E-state index in [2.05, 4.69) is 5.32 Å². The number of nitrogens with one attached hydrogen (secondary N) is 1. The summed E-state index contributed by atoms with van der Waals surface area (Å²) in [5, 5.41) is 2.67. The second-order valence-corrected chi connectivity index (χ2v) is 8.10. The lowest BCUT2D eigenvalue weighted by Crippen LogP contribution is -2.41. The van der Waals surface area contributed by atoms with Crippen LogP contribution >= 0.6 is 0 Å². The van der Waals surface area contributed by atoms with Crippen LogP contribution in [0.1, 0.15) is 5.56 Å². The number of carbonyl (C=O) groups excluding carboxylic acids is 1. The van der Waals surface area contributed by atoms with Gasteiger partial charge in [-0.1, -0.05) is 30.3 Å². The number of ether oxygens (including phenoxy) is 3. The van der Waals surface area contributed by atoms with E-state index < -0.39 is 15.9 Å². The third-order valence-corrected chi connectivity index (χ3v) is 5.15. The second-order valence-electron chi connectivity index (χ2n) is 6.20. The highest BCUT2D eigenvalue weighted by Gasteiger charge is 2.24. The fourth-order valence-electron chi connectivity index (χ4n) is 2.59. The predicted molar refractivity (Wildman–Crippen MR) is 111 cm³/mol. The van der Waals surface area contributed by atoms with E-state index in [1.807, 2.05) is 30.3 Å². The van der Waals surface area contributed by atoms with Crippen molar-refractivity contribution in [3.63, 3.8) is 0 Å². The molecule has 8 nitrogen and oxygen atoms in total. The number of anilines is 1. The van der Waals surface area contributed by atoms with Crippen molar-refractivity contribution in [3.8, 4) is 11.5 Å². The minimum absolute atomic E-state index is 0.227. The van der Waals surface area contributed by atoms with E-state index in [1.165, 1.54) is 20.3 Å². The minimum atomic E-state index is -3.74. The van der Waals surface area contributed by atoms with E-state index in [-0.39, 0.29) is 18.8 Å². The van der Waals surface area contributed by atoms with Gasteiger partial charge in [0, 0.05) is 12.6 Å². The van der Waals surface area contributed by atoms with Gasteiger partial charge < -0.3 is 19.5 Å². The van der Waals surface area contributed by atoms with Crippen molar-refractivity contribution in [1.82, 2.24) is 5.32 Å². The molecule has 1 amide bonds. The van der Waals surface area contributed by atoms with Gasteiger partial charge in [0.25, 0.3) is 0 Å². The van der Waals surface area contributed by atoms with Crippen LogP contribution in [0, 0.1) is 0 Å². The molecule has 9 heteroatoms. The summed E-state index contributed by atoms with van der Waals surface area (Å²) in [5.74, 6) is 0.308. The Kier molecular flexibility index (Phi) is 8.29. The monoisotopic (exact) mass is 422 g/mol. The number of carbonyl (C=O) groups is 1. The molecule has 2 rings (SSSR count). The van der Waals surface area contributed by atoms with Gasteiger partial charge in [-0.2, -0.15) is 0 Å². The van der Waals surface area contributed by atoms with Crippen molar-refractivity contribution in [2.24, 2.45) is 0 Å². The zero-order chi connectivity index (χ0) is 21.3. The van der Waals surface area contributed by atoms with Gasteiger partial charge in [-0.3, -0.25) is 9.10 Å². The standard InChI is InChI=1S/C20H26N2O6S/c1-26-17-9-10-19(27-2)18(13-17)22(29(3,24)25)14-20(23)21-11-12-28-15-16-7-5-4-6-8-16/h4-10,13H,11-12,14-15H2,1-3H3,(H,21,23). The van der Waals surface area contributed by atoms with Gasteiger partial charge in [0.15, 0.2) is 0 Å². The van der Waals surface area contributed by atoms with Crippen LogP contribution in [0.15, 0.2) is 48.5 Å².